The van der Waals surface area contributed by atoms with E-state index in [1.165, 1.54) is 21.2 Å². The average Bonchev–Trinajstić information content (AvgIpc) is 3.43. The number of aromatic nitrogens is 1. The van der Waals surface area contributed by atoms with E-state index < -0.39 is 28.7 Å². The van der Waals surface area contributed by atoms with E-state index in [9.17, 15) is 26.4 Å². The van der Waals surface area contributed by atoms with Gasteiger partial charge in [0.25, 0.3) is 0 Å². The molecule has 2 aromatic carbocycles. The fraction of sp³-hybridized carbons (Fsp3) is 0.467. The second kappa shape index (κ2) is 14.5. The molecule has 44 heavy (non-hydrogen) atoms. The molecule has 10 nitrogen and oxygen atoms in total. The van der Waals surface area contributed by atoms with E-state index in [1.54, 1.807) is 12.1 Å². The summed E-state index contributed by atoms with van der Waals surface area (Å²) in [6.07, 6.45) is -2.36. The molecule has 1 aromatic heterocycles. The molecule has 1 saturated heterocycles. The Hall–Kier alpha value is -3.46. The van der Waals surface area contributed by atoms with Crippen molar-refractivity contribution in [1.29, 1.82) is 0 Å². The smallest absolute Gasteiger partial charge is 0.411 e. The van der Waals surface area contributed by atoms with Gasteiger partial charge in [0.1, 0.15) is 22.9 Å². The van der Waals surface area contributed by atoms with Gasteiger partial charge < -0.3 is 24.1 Å². The number of nitrogens with zero attached hydrogens (tertiary/aromatic N) is 3. The molecule has 2 heterocycles. The van der Waals surface area contributed by atoms with Crippen molar-refractivity contribution in [2.45, 2.75) is 42.9 Å². The van der Waals surface area contributed by atoms with Gasteiger partial charge in [-0.05, 0) is 50.0 Å². The lowest BCUT2D eigenvalue weighted by atomic mass is 9.96. The molecule has 0 bridgehead atoms. The summed E-state index contributed by atoms with van der Waals surface area (Å²) in [7, 11) is 0.204. The molecule has 0 saturated carbocycles. The predicted molar refractivity (Wildman–Crippen MR) is 157 cm³/mol. The van der Waals surface area contributed by atoms with Crippen LogP contribution in [-0.2, 0) is 32.6 Å². The lowest BCUT2D eigenvalue weighted by molar-refractivity contribution is -0.176. The van der Waals surface area contributed by atoms with Gasteiger partial charge in [-0.15, -0.1) is 0 Å². The van der Waals surface area contributed by atoms with Crippen molar-refractivity contribution in [3.05, 3.63) is 65.7 Å². The van der Waals surface area contributed by atoms with Crippen molar-refractivity contribution in [2.75, 3.05) is 54.0 Å². The number of carbonyl (C=O) groups is 1. The number of benzene rings is 2. The number of halogens is 3. The van der Waals surface area contributed by atoms with E-state index in [-0.39, 0.29) is 29.7 Å². The van der Waals surface area contributed by atoms with Crippen molar-refractivity contribution in [3.63, 3.8) is 0 Å². The summed E-state index contributed by atoms with van der Waals surface area (Å²) < 4.78 is 81.7. The zero-order valence-corrected chi connectivity index (χ0v) is 25.7. The zero-order chi connectivity index (χ0) is 31.9. The lowest BCUT2D eigenvalue weighted by Crippen LogP contribution is -2.37. The number of sulfonamides is 1. The molecule has 0 radical (unpaired) electrons. The maximum atomic E-state index is 13.2. The quantitative estimate of drug-likeness (QED) is 0.296. The van der Waals surface area contributed by atoms with Crippen LogP contribution in [0.2, 0.25) is 0 Å². The SMILES string of the molecule is CNC(=O)CN(C)S(=O)(=O)c1cc(CCN2CCC(c3nc(COCC(F)(F)F)c(-c4ccccc4)o3)CC2)ccc1OC. The molecule has 1 aliphatic heterocycles. The van der Waals surface area contributed by atoms with E-state index in [1.807, 2.05) is 36.4 Å². The Morgan fingerprint density at radius 3 is 2.50 bits per heavy atom. The van der Waals surface area contributed by atoms with Gasteiger partial charge in [-0.1, -0.05) is 36.4 Å². The number of likely N-dealkylation sites (N-methyl/N-ethyl adjacent to an activating group) is 2. The Morgan fingerprint density at radius 2 is 1.86 bits per heavy atom. The van der Waals surface area contributed by atoms with E-state index in [0.717, 1.165) is 41.4 Å². The van der Waals surface area contributed by atoms with Crippen molar-refractivity contribution in [3.8, 4) is 17.1 Å². The number of ether oxygens (including phenoxy) is 2. The monoisotopic (exact) mass is 638 g/mol. The Labute approximate surface area is 255 Å². The van der Waals surface area contributed by atoms with Crippen LogP contribution >= 0.6 is 0 Å². The molecule has 1 aliphatic rings. The molecule has 14 heteroatoms. The van der Waals surface area contributed by atoms with Gasteiger partial charge in [0.15, 0.2) is 11.7 Å². The second-order valence-corrected chi connectivity index (χ2v) is 12.6. The van der Waals surface area contributed by atoms with Crippen LogP contribution in [0.15, 0.2) is 57.8 Å². The van der Waals surface area contributed by atoms with Crippen LogP contribution < -0.4 is 10.1 Å². The minimum Gasteiger partial charge on any atom is -0.495 e. The second-order valence-electron chi connectivity index (χ2n) is 10.6. The molecular weight excluding hydrogens is 601 g/mol. The zero-order valence-electron chi connectivity index (χ0n) is 24.9. The highest BCUT2D eigenvalue weighted by molar-refractivity contribution is 7.89. The standard InChI is InChI=1S/C30H37F3N4O6S/c1-34-27(38)18-36(2)44(39,40)26-17-21(9-10-25(26)41-3)11-14-37-15-12-23(13-16-37)29-35-24(19-42-20-30(31,32)33)28(43-29)22-7-5-4-6-8-22/h4-10,17,23H,11-16,18-20H2,1-3H3,(H,34,38). The molecule has 1 amide bonds. The summed E-state index contributed by atoms with van der Waals surface area (Å²) in [6.45, 7) is 0.168. The highest BCUT2D eigenvalue weighted by Gasteiger charge is 2.30. The third kappa shape index (κ3) is 8.58. The number of piperidine rings is 1. The number of oxazole rings is 1. The van der Waals surface area contributed by atoms with Crippen LogP contribution in [0.4, 0.5) is 13.2 Å². The minimum absolute atomic E-state index is 0.00123. The maximum Gasteiger partial charge on any atom is 0.411 e. The summed E-state index contributed by atoms with van der Waals surface area (Å²) in [4.78, 5) is 18.6. The first-order valence-electron chi connectivity index (χ1n) is 14.2. The number of carbonyl (C=O) groups excluding carboxylic acids is 1. The van der Waals surface area contributed by atoms with E-state index in [0.29, 0.717) is 30.3 Å². The Bertz CT molecular complexity index is 1510. The first-order chi connectivity index (χ1) is 20.9. The van der Waals surface area contributed by atoms with E-state index in [2.05, 4.69) is 15.2 Å². The van der Waals surface area contributed by atoms with Crippen molar-refractivity contribution in [2.24, 2.45) is 0 Å². The molecule has 1 N–H and O–H groups in total. The largest absolute Gasteiger partial charge is 0.495 e. The normalized spacial score (nSPS) is 15.1. The van der Waals surface area contributed by atoms with Crippen molar-refractivity contribution in [1.82, 2.24) is 19.5 Å². The summed E-state index contributed by atoms with van der Waals surface area (Å²) >= 11 is 0. The van der Waals surface area contributed by atoms with Crippen LogP contribution in [0.3, 0.4) is 0 Å². The number of hydrogen-bond acceptors (Lipinski definition) is 8. The van der Waals surface area contributed by atoms with Crippen LogP contribution in [0.5, 0.6) is 5.75 Å². The number of rotatable bonds is 13. The van der Waals surface area contributed by atoms with Gasteiger partial charge >= 0.3 is 6.18 Å². The topological polar surface area (TPSA) is 114 Å². The Balaban J connectivity index is 1.39. The van der Waals surface area contributed by atoms with Crippen molar-refractivity contribution >= 4 is 15.9 Å². The number of nitrogens with one attached hydrogen (secondary N) is 1. The Kier molecular flexibility index (Phi) is 11.1. The van der Waals surface area contributed by atoms with E-state index >= 15 is 0 Å². The molecule has 0 unspecified atom stereocenters. The van der Waals surface area contributed by atoms with Gasteiger partial charge in [-0.2, -0.15) is 17.5 Å². The third-order valence-electron chi connectivity index (χ3n) is 7.47. The number of alkyl halides is 3. The third-order valence-corrected chi connectivity index (χ3v) is 9.29. The molecule has 0 atom stereocenters. The Morgan fingerprint density at radius 1 is 1.16 bits per heavy atom. The molecule has 0 spiro atoms. The average molecular weight is 639 g/mol. The van der Waals surface area contributed by atoms with Crippen LogP contribution in [-0.4, -0.2) is 88.7 Å². The first-order valence-corrected chi connectivity index (χ1v) is 15.6. The van der Waals surface area contributed by atoms with Gasteiger partial charge in [0, 0.05) is 32.1 Å². The molecule has 240 valence electrons. The number of hydrogen-bond donors (Lipinski definition) is 1. The molecule has 0 aliphatic carbocycles. The minimum atomic E-state index is -4.43. The number of amides is 1. The highest BCUT2D eigenvalue weighted by atomic mass is 32.2. The lowest BCUT2D eigenvalue weighted by Gasteiger charge is -2.30. The highest BCUT2D eigenvalue weighted by Crippen LogP contribution is 2.34. The fourth-order valence-corrected chi connectivity index (χ4v) is 6.35. The maximum absolute atomic E-state index is 13.2. The molecule has 1 fully saturated rings. The summed E-state index contributed by atoms with van der Waals surface area (Å²) in [5.74, 6) is 0.666. The van der Waals surface area contributed by atoms with E-state index in [4.69, 9.17) is 13.9 Å². The van der Waals surface area contributed by atoms with Gasteiger partial charge in [0.2, 0.25) is 15.9 Å². The van der Waals surface area contributed by atoms with Crippen molar-refractivity contribution < 1.29 is 40.3 Å². The number of likely N-dealkylation sites (tertiary alicyclic amines) is 1. The summed E-state index contributed by atoms with van der Waals surface area (Å²) in [6, 6.07) is 14.1. The number of methoxy groups -OCH3 is 1. The molecule has 3 aromatic rings. The molecule has 4 rings (SSSR count). The van der Waals surface area contributed by atoms with Gasteiger partial charge in [-0.25, -0.2) is 13.4 Å². The summed E-state index contributed by atoms with van der Waals surface area (Å²) in [5, 5.41) is 2.42. The first kappa shape index (κ1) is 33.4. The van der Waals surface area contributed by atoms with Crippen LogP contribution in [0, 0.1) is 0 Å². The predicted octanol–water partition coefficient (Wildman–Crippen LogP) is 4.22. The van der Waals surface area contributed by atoms with Crippen LogP contribution in [0.25, 0.3) is 11.3 Å². The van der Waals surface area contributed by atoms with Gasteiger partial charge in [-0.3, -0.25) is 4.79 Å². The summed E-state index contributed by atoms with van der Waals surface area (Å²) in [5.41, 5.74) is 1.86. The van der Waals surface area contributed by atoms with Gasteiger partial charge in [0.05, 0.1) is 20.3 Å². The molecular formula is C30H37F3N4O6S. The van der Waals surface area contributed by atoms with Crippen LogP contribution in [0.1, 0.15) is 35.9 Å². The fourth-order valence-electron chi connectivity index (χ4n) is 5.02.